The second-order valence-corrected chi connectivity index (χ2v) is 4.74. The van der Waals surface area contributed by atoms with Crippen LogP contribution in [0.2, 0.25) is 0 Å². The highest BCUT2D eigenvalue weighted by Gasteiger charge is 2.30. The average Bonchev–Trinajstić information content (AvgIpc) is 2.35. The summed E-state index contributed by atoms with van der Waals surface area (Å²) in [4.78, 5) is 0. The zero-order valence-corrected chi connectivity index (χ0v) is 9.78. The van der Waals surface area contributed by atoms with Crippen molar-refractivity contribution in [2.75, 3.05) is 19.7 Å². The van der Waals surface area contributed by atoms with E-state index in [1.165, 1.54) is 19.3 Å². The highest BCUT2D eigenvalue weighted by molar-refractivity contribution is 5.79. The van der Waals surface area contributed by atoms with Gasteiger partial charge in [-0.15, -0.1) is 0 Å². The summed E-state index contributed by atoms with van der Waals surface area (Å²) in [6.45, 7) is 1.77. The topological polar surface area (TPSA) is 90.9 Å². The van der Waals surface area contributed by atoms with Gasteiger partial charge in [-0.25, -0.2) is 0 Å². The van der Waals surface area contributed by atoms with Gasteiger partial charge in [-0.05, 0) is 12.8 Å². The Morgan fingerprint density at radius 3 is 2.56 bits per heavy atom. The number of oxime groups is 1. The van der Waals surface area contributed by atoms with Crippen LogP contribution in [0.3, 0.4) is 0 Å². The zero-order chi connectivity index (χ0) is 11.9. The molecule has 0 unspecified atom stereocenters. The summed E-state index contributed by atoms with van der Waals surface area (Å²) in [7, 11) is 0. The normalized spacial score (nSPS) is 20.9. The molecule has 1 saturated carbocycles. The number of nitrogens with two attached hydrogens (primary N) is 1. The first kappa shape index (κ1) is 13.3. The van der Waals surface area contributed by atoms with Crippen molar-refractivity contribution in [3.63, 3.8) is 0 Å². The van der Waals surface area contributed by atoms with E-state index in [2.05, 4.69) is 10.5 Å². The fourth-order valence-electron chi connectivity index (χ4n) is 2.31. The molecule has 0 saturated heterocycles. The zero-order valence-electron chi connectivity index (χ0n) is 9.78. The summed E-state index contributed by atoms with van der Waals surface area (Å²) in [5, 5.41) is 24.0. The van der Waals surface area contributed by atoms with Crippen LogP contribution in [0, 0.1) is 5.41 Å². The molecule has 1 rings (SSSR count). The standard InChI is InChI=1S/C11H23N3O2/c12-10(14-16)4-7-13-8-11(9-15)5-2-1-3-6-11/h13,15-16H,1-9H2,(H2,12,14). The van der Waals surface area contributed by atoms with E-state index in [0.29, 0.717) is 13.0 Å². The molecule has 0 aromatic heterocycles. The SMILES string of the molecule is NC(CCNCC1(CO)CCCCC1)=NO. The molecule has 94 valence electrons. The Balaban J connectivity index is 2.23. The third-order valence-electron chi connectivity index (χ3n) is 3.44. The van der Waals surface area contributed by atoms with Gasteiger partial charge in [0, 0.05) is 31.5 Å². The van der Waals surface area contributed by atoms with Crippen molar-refractivity contribution in [2.24, 2.45) is 16.3 Å². The summed E-state index contributed by atoms with van der Waals surface area (Å²) >= 11 is 0. The fourth-order valence-corrected chi connectivity index (χ4v) is 2.31. The minimum atomic E-state index is 0.0589. The Kier molecular flexibility index (Phi) is 5.55. The van der Waals surface area contributed by atoms with Gasteiger partial charge in [-0.1, -0.05) is 24.4 Å². The predicted octanol–water partition coefficient (Wildman–Crippen LogP) is 0.655. The molecular weight excluding hydrogens is 206 g/mol. The number of hydrogen-bond acceptors (Lipinski definition) is 4. The van der Waals surface area contributed by atoms with Crippen molar-refractivity contribution in [3.8, 4) is 0 Å². The molecule has 5 N–H and O–H groups in total. The van der Waals surface area contributed by atoms with E-state index in [9.17, 15) is 5.11 Å². The lowest BCUT2D eigenvalue weighted by atomic mass is 9.74. The van der Waals surface area contributed by atoms with Crippen LogP contribution in [0.4, 0.5) is 0 Å². The first-order chi connectivity index (χ1) is 7.72. The van der Waals surface area contributed by atoms with Gasteiger partial charge in [-0.2, -0.15) is 0 Å². The average molecular weight is 229 g/mol. The van der Waals surface area contributed by atoms with Gasteiger partial charge in [0.15, 0.2) is 0 Å². The van der Waals surface area contributed by atoms with Crippen LogP contribution in [0.1, 0.15) is 38.5 Å². The molecule has 0 aromatic rings. The number of nitrogens with one attached hydrogen (secondary N) is 1. The number of rotatable bonds is 6. The number of nitrogens with zero attached hydrogens (tertiary/aromatic N) is 1. The van der Waals surface area contributed by atoms with Crippen LogP contribution in [-0.4, -0.2) is 35.8 Å². The van der Waals surface area contributed by atoms with Crippen molar-refractivity contribution in [2.45, 2.75) is 38.5 Å². The van der Waals surface area contributed by atoms with Crippen LogP contribution in [0.15, 0.2) is 5.16 Å². The Morgan fingerprint density at radius 2 is 2.00 bits per heavy atom. The van der Waals surface area contributed by atoms with Gasteiger partial charge >= 0.3 is 0 Å². The van der Waals surface area contributed by atoms with Gasteiger partial charge in [-0.3, -0.25) is 0 Å². The maximum absolute atomic E-state index is 9.47. The van der Waals surface area contributed by atoms with Gasteiger partial charge in [0.05, 0.1) is 0 Å². The molecule has 16 heavy (non-hydrogen) atoms. The van der Waals surface area contributed by atoms with Crippen LogP contribution in [0.25, 0.3) is 0 Å². The molecular formula is C11H23N3O2. The van der Waals surface area contributed by atoms with Crippen molar-refractivity contribution < 1.29 is 10.3 Å². The summed E-state index contributed by atoms with van der Waals surface area (Å²) in [5.74, 6) is 0.245. The lowest BCUT2D eigenvalue weighted by Crippen LogP contribution is -2.40. The second-order valence-electron chi connectivity index (χ2n) is 4.74. The minimum Gasteiger partial charge on any atom is -0.409 e. The molecule has 0 heterocycles. The predicted molar refractivity (Wildman–Crippen MR) is 63.5 cm³/mol. The molecule has 1 fully saturated rings. The molecule has 0 aliphatic heterocycles. The number of hydrogen-bond donors (Lipinski definition) is 4. The van der Waals surface area contributed by atoms with Crippen molar-refractivity contribution in [3.05, 3.63) is 0 Å². The Bertz CT molecular complexity index is 225. The van der Waals surface area contributed by atoms with E-state index in [4.69, 9.17) is 10.9 Å². The first-order valence-electron chi connectivity index (χ1n) is 6.00. The highest BCUT2D eigenvalue weighted by atomic mass is 16.4. The van der Waals surface area contributed by atoms with Gasteiger partial charge in [0.25, 0.3) is 0 Å². The van der Waals surface area contributed by atoms with Crippen molar-refractivity contribution in [1.82, 2.24) is 5.32 Å². The molecule has 0 atom stereocenters. The van der Waals surface area contributed by atoms with Crippen molar-refractivity contribution in [1.29, 1.82) is 0 Å². The maximum Gasteiger partial charge on any atom is 0.140 e. The van der Waals surface area contributed by atoms with E-state index < -0.39 is 0 Å². The largest absolute Gasteiger partial charge is 0.409 e. The quantitative estimate of drug-likeness (QED) is 0.177. The molecule has 0 aromatic carbocycles. The summed E-state index contributed by atoms with van der Waals surface area (Å²) in [6, 6.07) is 0. The summed E-state index contributed by atoms with van der Waals surface area (Å²) in [5.41, 5.74) is 5.43. The fraction of sp³-hybridized carbons (Fsp3) is 0.909. The molecule has 5 heteroatoms. The molecule has 0 bridgehead atoms. The first-order valence-corrected chi connectivity index (χ1v) is 6.00. The molecule has 1 aliphatic rings. The van der Waals surface area contributed by atoms with E-state index in [1.807, 2.05) is 0 Å². The monoisotopic (exact) mass is 229 g/mol. The van der Waals surface area contributed by atoms with Crippen LogP contribution in [-0.2, 0) is 0 Å². The highest BCUT2D eigenvalue weighted by Crippen LogP contribution is 2.35. The number of aliphatic hydroxyl groups is 1. The van der Waals surface area contributed by atoms with Crippen LogP contribution >= 0.6 is 0 Å². The Labute approximate surface area is 96.7 Å². The van der Waals surface area contributed by atoms with Gasteiger partial charge < -0.3 is 21.4 Å². The third-order valence-corrected chi connectivity index (χ3v) is 3.44. The number of aliphatic hydroxyl groups excluding tert-OH is 1. The Morgan fingerprint density at radius 1 is 1.31 bits per heavy atom. The molecule has 5 nitrogen and oxygen atoms in total. The Hall–Kier alpha value is -0.810. The maximum atomic E-state index is 9.47. The van der Waals surface area contributed by atoms with E-state index >= 15 is 0 Å². The molecule has 1 aliphatic carbocycles. The van der Waals surface area contributed by atoms with Crippen LogP contribution in [0.5, 0.6) is 0 Å². The summed E-state index contributed by atoms with van der Waals surface area (Å²) < 4.78 is 0. The van der Waals surface area contributed by atoms with Gasteiger partial charge in [0.2, 0.25) is 0 Å². The lowest BCUT2D eigenvalue weighted by molar-refractivity contribution is 0.0817. The van der Waals surface area contributed by atoms with Gasteiger partial charge in [0.1, 0.15) is 5.84 Å². The molecule has 0 spiro atoms. The minimum absolute atomic E-state index is 0.0589. The lowest BCUT2D eigenvalue weighted by Gasteiger charge is -2.35. The van der Waals surface area contributed by atoms with Crippen molar-refractivity contribution >= 4 is 5.84 Å². The second kappa shape index (κ2) is 6.70. The third kappa shape index (κ3) is 3.98. The summed E-state index contributed by atoms with van der Waals surface area (Å²) in [6.07, 6.45) is 6.44. The van der Waals surface area contributed by atoms with E-state index in [1.54, 1.807) is 0 Å². The van der Waals surface area contributed by atoms with Crippen LogP contribution < -0.4 is 11.1 Å². The number of amidine groups is 1. The smallest absolute Gasteiger partial charge is 0.140 e. The van der Waals surface area contributed by atoms with E-state index in [0.717, 1.165) is 19.4 Å². The molecule has 0 radical (unpaired) electrons. The van der Waals surface area contributed by atoms with E-state index in [-0.39, 0.29) is 17.9 Å². The molecule has 0 amide bonds.